The Labute approximate surface area is 96.5 Å². The van der Waals surface area contributed by atoms with Gasteiger partial charge in [-0.1, -0.05) is 6.42 Å². The molecule has 1 aliphatic rings. The van der Waals surface area contributed by atoms with Gasteiger partial charge in [-0.2, -0.15) is 0 Å². The molecular weight excluding hydrogens is 202 g/mol. The number of ether oxygens (including phenoxy) is 2. The molecule has 0 aromatic heterocycles. The van der Waals surface area contributed by atoms with E-state index < -0.39 is 0 Å². The number of methoxy groups -OCH3 is 2. The van der Waals surface area contributed by atoms with Crippen LogP contribution in [0.2, 0.25) is 0 Å². The number of benzene rings is 1. The Morgan fingerprint density at radius 1 is 1.19 bits per heavy atom. The average molecular weight is 221 g/mol. The monoisotopic (exact) mass is 221 g/mol. The molecule has 0 amide bonds. The molecule has 0 bridgehead atoms. The van der Waals surface area contributed by atoms with Crippen molar-refractivity contribution in [2.45, 2.75) is 31.7 Å². The maximum Gasteiger partial charge on any atom is 0.126 e. The van der Waals surface area contributed by atoms with Gasteiger partial charge in [-0.05, 0) is 36.5 Å². The third-order valence-electron chi connectivity index (χ3n) is 3.26. The zero-order valence-corrected chi connectivity index (χ0v) is 9.95. The smallest absolute Gasteiger partial charge is 0.126 e. The first-order chi connectivity index (χ1) is 7.76. The minimum Gasteiger partial charge on any atom is -0.497 e. The van der Waals surface area contributed by atoms with Gasteiger partial charge < -0.3 is 15.2 Å². The quantitative estimate of drug-likeness (QED) is 0.780. The number of nitrogens with two attached hydrogens (primary N) is 1. The summed E-state index contributed by atoms with van der Waals surface area (Å²) < 4.78 is 10.7. The molecule has 0 aliphatic heterocycles. The fourth-order valence-electron chi connectivity index (χ4n) is 2.36. The van der Waals surface area contributed by atoms with Crippen LogP contribution in [0.15, 0.2) is 12.1 Å². The van der Waals surface area contributed by atoms with Crippen molar-refractivity contribution in [2.75, 3.05) is 14.2 Å². The van der Waals surface area contributed by atoms with E-state index in [4.69, 9.17) is 15.2 Å². The highest BCUT2D eigenvalue weighted by atomic mass is 16.5. The lowest BCUT2D eigenvalue weighted by Crippen LogP contribution is -2.11. The second-order valence-electron chi connectivity index (χ2n) is 4.25. The topological polar surface area (TPSA) is 44.5 Å². The molecule has 3 heteroatoms. The average Bonchev–Trinajstić information content (AvgIpc) is 2.50. The van der Waals surface area contributed by atoms with Gasteiger partial charge in [0.1, 0.15) is 11.5 Å². The third-order valence-corrected chi connectivity index (χ3v) is 3.26. The Bertz CT molecular complexity index is 376. The molecule has 1 aromatic rings. The van der Waals surface area contributed by atoms with Gasteiger partial charge in [0.15, 0.2) is 0 Å². The largest absolute Gasteiger partial charge is 0.497 e. The summed E-state index contributed by atoms with van der Waals surface area (Å²) >= 11 is 0. The Kier molecular flexibility index (Phi) is 3.34. The number of rotatable bonds is 2. The van der Waals surface area contributed by atoms with Crippen molar-refractivity contribution in [1.82, 2.24) is 0 Å². The maximum absolute atomic E-state index is 6.18. The van der Waals surface area contributed by atoms with Crippen LogP contribution in [0.4, 0.5) is 0 Å². The second-order valence-corrected chi connectivity index (χ2v) is 4.25. The van der Waals surface area contributed by atoms with E-state index >= 15 is 0 Å². The number of hydrogen-bond donors (Lipinski definition) is 1. The molecule has 1 aliphatic carbocycles. The first kappa shape index (κ1) is 11.3. The van der Waals surface area contributed by atoms with Gasteiger partial charge in [0, 0.05) is 12.1 Å². The molecule has 0 fully saturated rings. The van der Waals surface area contributed by atoms with Crippen molar-refractivity contribution in [1.29, 1.82) is 0 Å². The lowest BCUT2D eigenvalue weighted by Gasteiger charge is -2.17. The van der Waals surface area contributed by atoms with Crippen LogP contribution in [0.5, 0.6) is 11.5 Å². The molecule has 0 heterocycles. The predicted molar refractivity (Wildman–Crippen MR) is 64.0 cm³/mol. The standard InChI is InChI=1S/C13H19NO2/c1-15-9-7-11-10(13(8-9)16-2)5-3-4-6-12(11)14/h7-8,12H,3-6,14H2,1-2H3/t12-/m0/s1. The molecule has 3 nitrogen and oxygen atoms in total. The van der Waals surface area contributed by atoms with Crippen LogP contribution in [0.1, 0.15) is 36.4 Å². The van der Waals surface area contributed by atoms with Gasteiger partial charge in [0.25, 0.3) is 0 Å². The Hall–Kier alpha value is -1.22. The molecule has 2 N–H and O–H groups in total. The molecule has 2 rings (SSSR count). The van der Waals surface area contributed by atoms with Crippen LogP contribution < -0.4 is 15.2 Å². The Morgan fingerprint density at radius 2 is 2.00 bits per heavy atom. The van der Waals surface area contributed by atoms with E-state index in [1.807, 2.05) is 12.1 Å². The van der Waals surface area contributed by atoms with Crippen LogP contribution in [0.3, 0.4) is 0 Å². The van der Waals surface area contributed by atoms with Gasteiger partial charge in [-0.3, -0.25) is 0 Å². The van der Waals surface area contributed by atoms with E-state index in [1.165, 1.54) is 24.0 Å². The second kappa shape index (κ2) is 4.74. The molecule has 0 radical (unpaired) electrons. The lowest BCUT2D eigenvalue weighted by molar-refractivity contribution is 0.389. The molecular formula is C13H19NO2. The van der Waals surface area contributed by atoms with Crippen LogP contribution in [-0.2, 0) is 6.42 Å². The fraction of sp³-hybridized carbons (Fsp3) is 0.538. The minimum atomic E-state index is 0.112. The molecule has 0 saturated heterocycles. The van der Waals surface area contributed by atoms with Gasteiger partial charge in [0.2, 0.25) is 0 Å². The van der Waals surface area contributed by atoms with Crippen LogP contribution in [0, 0.1) is 0 Å². The summed E-state index contributed by atoms with van der Waals surface area (Å²) in [5.41, 5.74) is 8.63. The normalized spacial score (nSPS) is 19.8. The van der Waals surface area contributed by atoms with Crippen LogP contribution in [-0.4, -0.2) is 14.2 Å². The van der Waals surface area contributed by atoms with Crippen molar-refractivity contribution in [3.63, 3.8) is 0 Å². The van der Waals surface area contributed by atoms with Crippen molar-refractivity contribution in [3.05, 3.63) is 23.3 Å². The highest BCUT2D eigenvalue weighted by Crippen LogP contribution is 2.36. The summed E-state index contributed by atoms with van der Waals surface area (Å²) in [6, 6.07) is 4.10. The first-order valence-electron chi connectivity index (χ1n) is 5.76. The minimum absolute atomic E-state index is 0.112. The Balaban J connectivity index is 2.51. The number of fused-ring (bicyclic) bond motifs is 1. The van der Waals surface area contributed by atoms with Gasteiger partial charge >= 0.3 is 0 Å². The van der Waals surface area contributed by atoms with E-state index in [0.29, 0.717) is 0 Å². The van der Waals surface area contributed by atoms with E-state index in [9.17, 15) is 0 Å². The zero-order chi connectivity index (χ0) is 11.5. The summed E-state index contributed by atoms with van der Waals surface area (Å²) in [5, 5.41) is 0. The molecule has 1 aromatic carbocycles. The van der Waals surface area contributed by atoms with Crippen molar-refractivity contribution < 1.29 is 9.47 Å². The Morgan fingerprint density at radius 3 is 2.69 bits per heavy atom. The highest BCUT2D eigenvalue weighted by Gasteiger charge is 2.19. The zero-order valence-electron chi connectivity index (χ0n) is 9.95. The molecule has 0 saturated carbocycles. The number of hydrogen-bond acceptors (Lipinski definition) is 3. The summed E-state index contributed by atoms with van der Waals surface area (Å²) in [6.07, 6.45) is 4.46. The maximum atomic E-state index is 6.18. The fourth-order valence-corrected chi connectivity index (χ4v) is 2.36. The van der Waals surface area contributed by atoms with Crippen molar-refractivity contribution >= 4 is 0 Å². The lowest BCUT2D eigenvalue weighted by atomic mass is 9.98. The summed E-state index contributed by atoms with van der Waals surface area (Å²) in [4.78, 5) is 0. The molecule has 16 heavy (non-hydrogen) atoms. The van der Waals surface area contributed by atoms with Gasteiger partial charge in [-0.15, -0.1) is 0 Å². The third kappa shape index (κ3) is 2.00. The first-order valence-corrected chi connectivity index (χ1v) is 5.76. The van der Waals surface area contributed by atoms with E-state index in [2.05, 4.69) is 0 Å². The predicted octanol–water partition coefficient (Wildman–Crippen LogP) is 2.43. The van der Waals surface area contributed by atoms with Crippen molar-refractivity contribution in [2.24, 2.45) is 5.73 Å². The van der Waals surface area contributed by atoms with E-state index in [-0.39, 0.29) is 6.04 Å². The van der Waals surface area contributed by atoms with Crippen molar-refractivity contribution in [3.8, 4) is 11.5 Å². The van der Waals surface area contributed by atoms with E-state index in [1.54, 1.807) is 14.2 Å². The molecule has 0 spiro atoms. The van der Waals surface area contributed by atoms with Crippen LogP contribution >= 0.6 is 0 Å². The van der Waals surface area contributed by atoms with Gasteiger partial charge in [0.05, 0.1) is 14.2 Å². The SMILES string of the molecule is COc1cc(OC)c2c(c1)[C@@H](N)CCCC2. The van der Waals surface area contributed by atoms with E-state index in [0.717, 1.165) is 24.3 Å². The summed E-state index contributed by atoms with van der Waals surface area (Å²) in [7, 11) is 3.37. The highest BCUT2D eigenvalue weighted by molar-refractivity contribution is 5.48. The van der Waals surface area contributed by atoms with Crippen LogP contribution in [0.25, 0.3) is 0 Å². The molecule has 88 valence electrons. The molecule has 1 atom stereocenters. The summed E-state index contributed by atoms with van der Waals surface area (Å²) in [5.74, 6) is 1.74. The summed E-state index contributed by atoms with van der Waals surface area (Å²) in [6.45, 7) is 0. The van der Waals surface area contributed by atoms with Gasteiger partial charge in [-0.25, -0.2) is 0 Å². The molecule has 0 unspecified atom stereocenters.